The van der Waals surface area contributed by atoms with Gasteiger partial charge in [0, 0.05) is 25.5 Å². The smallest absolute Gasteiger partial charge is 0.233 e. The first kappa shape index (κ1) is 14.0. The maximum Gasteiger partial charge on any atom is 0.233 e. The fraction of sp³-hybridized carbons (Fsp3) is 0.571. The topological polar surface area (TPSA) is 62.5 Å². The summed E-state index contributed by atoms with van der Waals surface area (Å²) < 4.78 is 1.98. The molecule has 0 bridgehead atoms. The molecule has 0 radical (unpaired) electrons. The molecule has 0 aliphatic rings. The van der Waals surface area contributed by atoms with Crippen LogP contribution in [0.5, 0.6) is 0 Å². The highest BCUT2D eigenvalue weighted by Gasteiger charge is 2.19. The second kappa shape index (κ2) is 5.67. The molecule has 0 aliphatic heterocycles. The zero-order valence-corrected chi connectivity index (χ0v) is 11.8. The molecule has 0 saturated heterocycles. The van der Waals surface area contributed by atoms with Gasteiger partial charge < -0.3 is 10.4 Å². The third kappa shape index (κ3) is 3.75. The molecule has 2 aromatic heterocycles. The summed E-state index contributed by atoms with van der Waals surface area (Å²) in [6.45, 7) is 7.74. The number of fused-ring (bicyclic) bond motifs is 1. The second-order valence-electron chi connectivity index (χ2n) is 5.86. The van der Waals surface area contributed by atoms with Crippen molar-refractivity contribution in [3.63, 3.8) is 0 Å². The van der Waals surface area contributed by atoms with Gasteiger partial charge in [-0.3, -0.25) is 4.40 Å². The van der Waals surface area contributed by atoms with Crippen molar-refractivity contribution < 1.29 is 5.11 Å². The monoisotopic (exact) mass is 262 g/mol. The van der Waals surface area contributed by atoms with Crippen LogP contribution in [0.25, 0.3) is 5.78 Å². The average molecular weight is 262 g/mol. The number of aliphatic hydroxyl groups excluding tert-OH is 1. The maximum absolute atomic E-state index is 9.46. The van der Waals surface area contributed by atoms with Crippen molar-refractivity contribution in [3.05, 3.63) is 30.4 Å². The Balaban J connectivity index is 1.92. The highest BCUT2D eigenvalue weighted by Crippen LogP contribution is 2.21. The molecule has 1 unspecified atom stereocenters. The zero-order valence-electron chi connectivity index (χ0n) is 11.8. The van der Waals surface area contributed by atoms with Crippen molar-refractivity contribution in [2.24, 2.45) is 5.41 Å². The fourth-order valence-corrected chi connectivity index (χ4v) is 2.41. The lowest BCUT2D eigenvalue weighted by Crippen LogP contribution is -2.31. The van der Waals surface area contributed by atoms with E-state index in [-0.39, 0.29) is 11.5 Å². The predicted molar refractivity (Wildman–Crippen MR) is 74.8 cm³/mol. The summed E-state index contributed by atoms with van der Waals surface area (Å²) >= 11 is 0. The first-order valence-corrected chi connectivity index (χ1v) is 6.64. The average Bonchev–Trinajstić information content (AvgIpc) is 2.71. The van der Waals surface area contributed by atoms with E-state index in [0.29, 0.717) is 0 Å². The van der Waals surface area contributed by atoms with E-state index in [2.05, 4.69) is 29.1 Å². The first-order chi connectivity index (χ1) is 8.98. The van der Waals surface area contributed by atoms with Crippen LogP contribution in [0.15, 0.2) is 24.7 Å². The van der Waals surface area contributed by atoms with E-state index in [1.807, 2.05) is 29.8 Å². The molecule has 0 spiro atoms. The standard InChI is InChI=1S/C14H22N4O/c1-11(19)7-14(2,3)10-15-8-12-9-17-13-16-5-4-6-18(12)13/h4-6,9,11,15,19H,7-8,10H2,1-3H3. The molecule has 5 heteroatoms. The molecule has 0 aliphatic carbocycles. The van der Waals surface area contributed by atoms with Crippen LogP contribution in [0, 0.1) is 5.41 Å². The maximum atomic E-state index is 9.46. The van der Waals surface area contributed by atoms with E-state index >= 15 is 0 Å². The van der Waals surface area contributed by atoms with E-state index < -0.39 is 0 Å². The highest BCUT2D eigenvalue weighted by molar-refractivity contribution is 5.30. The Morgan fingerprint density at radius 2 is 2.21 bits per heavy atom. The molecule has 0 aromatic carbocycles. The Bertz CT molecular complexity index is 533. The second-order valence-corrected chi connectivity index (χ2v) is 5.86. The molecule has 2 rings (SSSR count). The summed E-state index contributed by atoms with van der Waals surface area (Å²) in [5.41, 5.74) is 1.17. The molecule has 5 nitrogen and oxygen atoms in total. The third-order valence-corrected chi connectivity index (χ3v) is 3.12. The van der Waals surface area contributed by atoms with Crippen molar-refractivity contribution in [2.75, 3.05) is 6.54 Å². The van der Waals surface area contributed by atoms with Gasteiger partial charge in [-0.2, -0.15) is 0 Å². The predicted octanol–water partition coefficient (Wildman–Crippen LogP) is 1.62. The van der Waals surface area contributed by atoms with Crippen LogP contribution >= 0.6 is 0 Å². The SMILES string of the molecule is CC(O)CC(C)(C)CNCc1cnc2ncccn12. The molecule has 0 saturated carbocycles. The van der Waals surface area contributed by atoms with Gasteiger partial charge in [0.25, 0.3) is 0 Å². The minimum absolute atomic E-state index is 0.0763. The van der Waals surface area contributed by atoms with Crippen LogP contribution in [-0.2, 0) is 6.54 Å². The lowest BCUT2D eigenvalue weighted by molar-refractivity contribution is 0.128. The first-order valence-electron chi connectivity index (χ1n) is 6.64. The number of nitrogens with one attached hydrogen (secondary N) is 1. The van der Waals surface area contributed by atoms with Crippen LogP contribution < -0.4 is 5.32 Å². The van der Waals surface area contributed by atoms with Gasteiger partial charge in [0.05, 0.1) is 18.0 Å². The Labute approximate surface area is 113 Å². The molecule has 0 amide bonds. The van der Waals surface area contributed by atoms with Gasteiger partial charge in [-0.25, -0.2) is 9.97 Å². The zero-order chi connectivity index (χ0) is 13.9. The van der Waals surface area contributed by atoms with Crippen LogP contribution in [0.4, 0.5) is 0 Å². The Kier molecular flexibility index (Phi) is 4.17. The minimum atomic E-state index is -0.267. The van der Waals surface area contributed by atoms with Crippen molar-refractivity contribution in [2.45, 2.75) is 39.8 Å². The largest absolute Gasteiger partial charge is 0.393 e. The number of hydrogen-bond acceptors (Lipinski definition) is 4. The molecule has 1 atom stereocenters. The summed E-state index contributed by atoms with van der Waals surface area (Å²) in [5, 5.41) is 12.9. The number of aromatic nitrogens is 3. The summed E-state index contributed by atoms with van der Waals surface area (Å²) in [5.74, 6) is 0.725. The van der Waals surface area contributed by atoms with Crippen molar-refractivity contribution in [3.8, 4) is 0 Å². The van der Waals surface area contributed by atoms with E-state index in [0.717, 1.165) is 31.0 Å². The summed E-state index contributed by atoms with van der Waals surface area (Å²) in [4.78, 5) is 8.44. The molecular formula is C14H22N4O. The summed E-state index contributed by atoms with van der Waals surface area (Å²) in [6, 6.07) is 1.90. The van der Waals surface area contributed by atoms with Crippen LogP contribution in [-0.4, -0.2) is 32.1 Å². The van der Waals surface area contributed by atoms with Crippen molar-refractivity contribution in [1.29, 1.82) is 0 Å². The molecule has 2 aromatic rings. The lowest BCUT2D eigenvalue weighted by Gasteiger charge is -2.26. The molecule has 0 fully saturated rings. The van der Waals surface area contributed by atoms with Crippen LogP contribution in [0.3, 0.4) is 0 Å². The van der Waals surface area contributed by atoms with Gasteiger partial charge >= 0.3 is 0 Å². The van der Waals surface area contributed by atoms with E-state index in [9.17, 15) is 5.11 Å². The van der Waals surface area contributed by atoms with Crippen molar-refractivity contribution >= 4 is 5.78 Å². The van der Waals surface area contributed by atoms with Gasteiger partial charge in [0.15, 0.2) is 0 Å². The Morgan fingerprint density at radius 3 is 2.95 bits per heavy atom. The Morgan fingerprint density at radius 1 is 1.42 bits per heavy atom. The van der Waals surface area contributed by atoms with Gasteiger partial charge in [-0.1, -0.05) is 13.8 Å². The Hall–Kier alpha value is -1.46. The minimum Gasteiger partial charge on any atom is -0.393 e. The van der Waals surface area contributed by atoms with Crippen molar-refractivity contribution in [1.82, 2.24) is 19.7 Å². The quantitative estimate of drug-likeness (QED) is 0.830. The molecule has 19 heavy (non-hydrogen) atoms. The summed E-state index contributed by atoms with van der Waals surface area (Å²) in [6.07, 6.45) is 6.07. The van der Waals surface area contributed by atoms with Crippen LogP contribution in [0.1, 0.15) is 32.9 Å². The van der Waals surface area contributed by atoms with Crippen LogP contribution in [0.2, 0.25) is 0 Å². The van der Waals surface area contributed by atoms with Gasteiger partial charge in [-0.15, -0.1) is 0 Å². The molecule has 2 N–H and O–H groups in total. The fourth-order valence-electron chi connectivity index (χ4n) is 2.41. The van der Waals surface area contributed by atoms with Gasteiger partial charge in [0.1, 0.15) is 0 Å². The lowest BCUT2D eigenvalue weighted by atomic mass is 9.87. The number of nitrogens with zero attached hydrogens (tertiary/aromatic N) is 3. The van der Waals surface area contributed by atoms with E-state index in [1.54, 1.807) is 6.20 Å². The van der Waals surface area contributed by atoms with E-state index in [4.69, 9.17) is 0 Å². The molecule has 2 heterocycles. The number of aliphatic hydroxyl groups is 1. The van der Waals surface area contributed by atoms with E-state index in [1.165, 1.54) is 0 Å². The number of imidazole rings is 1. The third-order valence-electron chi connectivity index (χ3n) is 3.12. The van der Waals surface area contributed by atoms with Gasteiger partial charge in [-0.05, 0) is 24.8 Å². The number of hydrogen-bond donors (Lipinski definition) is 2. The van der Waals surface area contributed by atoms with Gasteiger partial charge in [0.2, 0.25) is 5.78 Å². The molecular weight excluding hydrogens is 240 g/mol. The molecule has 104 valence electrons. The summed E-state index contributed by atoms with van der Waals surface area (Å²) in [7, 11) is 0. The normalized spacial score (nSPS) is 13.9. The number of rotatable bonds is 6. The highest BCUT2D eigenvalue weighted by atomic mass is 16.3.